The van der Waals surface area contributed by atoms with Crippen LogP contribution in [0.15, 0.2) is 30.3 Å². The zero-order chi connectivity index (χ0) is 28.9. The Kier molecular flexibility index (Phi) is 7.75. The molecule has 9 nitrogen and oxygen atoms in total. The van der Waals surface area contributed by atoms with E-state index in [9.17, 15) is 15.0 Å². The molecule has 2 atom stereocenters. The Balaban J connectivity index is 1.34. The number of hydrogen-bond donors (Lipinski definition) is 2. The van der Waals surface area contributed by atoms with E-state index in [0.29, 0.717) is 44.2 Å². The van der Waals surface area contributed by atoms with Crippen LogP contribution in [0.2, 0.25) is 0 Å². The maximum absolute atomic E-state index is 14.0. The van der Waals surface area contributed by atoms with Gasteiger partial charge in [0.05, 0.1) is 37.1 Å². The number of carbonyl (C=O) groups is 1. The predicted molar refractivity (Wildman–Crippen MR) is 166 cm³/mol. The molecule has 3 aliphatic rings. The summed E-state index contributed by atoms with van der Waals surface area (Å²) in [5.74, 6) is 0.720. The number of halogens is 1. The highest BCUT2D eigenvalue weighted by Gasteiger charge is 2.44. The molecule has 1 unspecified atom stereocenters. The van der Waals surface area contributed by atoms with E-state index in [0.717, 1.165) is 63.6 Å². The number of ether oxygens (including phenoxy) is 1. The zero-order valence-corrected chi connectivity index (χ0v) is 26.1. The van der Waals surface area contributed by atoms with Crippen molar-refractivity contribution in [2.75, 3.05) is 38.7 Å². The van der Waals surface area contributed by atoms with Gasteiger partial charge in [-0.25, -0.2) is 0 Å². The fraction of sp³-hybridized carbons (Fsp3) is 0.516. The van der Waals surface area contributed by atoms with Crippen molar-refractivity contribution in [2.24, 2.45) is 5.41 Å². The summed E-state index contributed by atoms with van der Waals surface area (Å²) in [6, 6.07) is 9.61. The molecule has 2 N–H and O–H groups in total. The van der Waals surface area contributed by atoms with Gasteiger partial charge in [0.15, 0.2) is 0 Å². The topological polar surface area (TPSA) is 102 Å². The highest BCUT2D eigenvalue weighted by Crippen LogP contribution is 2.46. The van der Waals surface area contributed by atoms with Crippen molar-refractivity contribution in [3.63, 3.8) is 0 Å². The van der Waals surface area contributed by atoms with Crippen molar-refractivity contribution in [1.82, 2.24) is 19.8 Å². The lowest BCUT2D eigenvalue weighted by Crippen LogP contribution is -2.35. The number of benzene rings is 2. The molecule has 218 valence electrons. The van der Waals surface area contributed by atoms with E-state index in [1.54, 1.807) is 17.0 Å². The normalized spacial score (nSPS) is 21.7. The fourth-order valence-corrected chi connectivity index (χ4v) is 7.15. The molecule has 0 radical (unpaired) electrons. The minimum absolute atomic E-state index is 0.0689. The number of phenolic OH excluding ortho intramolecular Hbond substituents is 1. The second-order valence-corrected chi connectivity index (χ2v) is 13.5. The second-order valence-electron chi connectivity index (χ2n) is 12.3. The van der Waals surface area contributed by atoms with Crippen LogP contribution in [-0.4, -0.2) is 81.8 Å². The number of aliphatic hydroxyl groups excluding tert-OH is 1. The molecule has 2 aliphatic heterocycles. The predicted octanol–water partition coefficient (Wildman–Crippen LogP) is 4.56. The van der Waals surface area contributed by atoms with Crippen molar-refractivity contribution in [1.29, 1.82) is 0 Å². The molecule has 10 heteroatoms. The van der Waals surface area contributed by atoms with Crippen LogP contribution < -0.4 is 9.64 Å². The van der Waals surface area contributed by atoms with Crippen molar-refractivity contribution < 1.29 is 19.7 Å². The van der Waals surface area contributed by atoms with E-state index in [4.69, 9.17) is 14.7 Å². The Morgan fingerprint density at radius 2 is 1.98 bits per heavy atom. The van der Waals surface area contributed by atoms with Crippen LogP contribution >= 0.6 is 22.6 Å². The molecule has 2 fully saturated rings. The SMILES string of the molecule is C[C@@H]1CCC(O)CCN1c1nc(OCC2(CN(C)C)CC2)nc2c1CN(C(=O)c1cc(O)cc3cccc(I)c13)C2. The van der Waals surface area contributed by atoms with Gasteiger partial charge in [-0.2, -0.15) is 9.97 Å². The molecular formula is C31H38IN5O4. The first-order valence-electron chi connectivity index (χ1n) is 14.4. The van der Waals surface area contributed by atoms with Gasteiger partial charge in [-0.3, -0.25) is 4.79 Å². The molecule has 1 aromatic heterocycles. The van der Waals surface area contributed by atoms with E-state index >= 15 is 0 Å². The van der Waals surface area contributed by atoms with Gasteiger partial charge in [0.25, 0.3) is 5.91 Å². The molecule has 3 heterocycles. The highest BCUT2D eigenvalue weighted by molar-refractivity contribution is 14.1. The van der Waals surface area contributed by atoms with Crippen molar-refractivity contribution >= 4 is 45.1 Å². The second kappa shape index (κ2) is 11.2. The smallest absolute Gasteiger partial charge is 0.318 e. The summed E-state index contributed by atoms with van der Waals surface area (Å²) in [5.41, 5.74) is 2.35. The lowest BCUT2D eigenvalue weighted by molar-refractivity contribution is 0.0752. The molecule has 1 saturated carbocycles. The molecule has 2 aromatic carbocycles. The number of hydrogen-bond acceptors (Lipinski definition) is 8. The summed E-state index contributed by atoms with van der Waals surface area (Å²) >= 11 is 2.24. The molecule has 41 heavy (non-hydrogen) atoms. The Labute approximate surface area is 254 Å². The third-order valence-corrected chi connectivity index (χ3v) is 9.61. The van der Waals surface area contributed by atoms with Crippen molar-refractivity contribution in [3.05, 3.63) is 50.7 Å². The van der Waals surface area contributed by atoms with Crippen molar-refractivity contribution in [2.45, 2.75) is 64.3 Å². The van der Waals surface area contributed by atoms with Gasteiger partial charge in [0.2, 0.25) is 0 Å². The molecule has 3 aromatic rings. The largest absolute Gasteiger partial charge is 0.508 e. The first kappa shape index (κ1) is 28.4. The number of phenols is 1. The number of aromatic nitrogens is 2. The molecule has 0 spiro atoms. The van der Waals surface area contributed by atoms with Crippen LogP contribution in [0.3, 0.4) is 0 Å². The van der Waals surface area contributed by atoms with Gasteiger partial charge < -0.3 is 29.6 Å². The van der Waals surface area contributed by atoms with Gasteiger partial charge >= 0.3 is 6.01 Å². The number of aliphatic hydroxyl groups is 1. The lowest BCUT2D eigenvalue weighted by atomic mass is 10.0. The molecule has 1 amide bonds. The van der Waals surface area contributed by atoms with Crippen LogP contribution in [-0.2, 0) is 13.1 Å². The highest BCUT2D eigenvalue weighted by atomic mass is 127. The van der Waals surface area contributed by atoms with Crippen molar-refractivity contribution in [3.8, 4) is 11.8 Å². The monoisotopic (exact) mass is 671 g/mol. The van der Waals surface area contributed by atoms with E-state index in [2.05, 4.69) is 53.4 Å². The van der Waals surface area contributed by atoms with Gasteiger partial charge in [-0.15, -0.1) is 0 Å². The molecule has 1 aliphatic carbocycles. The average molecular weight is 672 g/mol. The number of aromatic hydroxyl groups is 1. The first-order valence-corrected chi connectivity index (χ1v) is 15.5. The number of anilines is 1. The number of fused-ring (bicyclic) bond motifs is 2. The Bertz CT molecular complexity index is 1480. The average Bonchev–Trinajstić information content (AvgIpc) is 3.58. The standard InChI is InChI=1S/C31H38IN5O4/c1-19-7-8-21(38)9-12-37(19)28-24-15-36(29(40)23-14-22(39)13-20-5-4-6-25(32)27(20)23)16-26(24)33-30(34-28)41-18-31(10-11-31)17-35(2)3/h4-6,13-14,19,21,38-39H,7-12,15-18H2,1-3H3/t19-,21?/m1/s1. The third-order valence-electron chi connectivity index (χ3n) is 8.71. The molecular weight excluding hydrogens is 633 g/mol. The number of amides is 1. The minimum atomic E-state index is -0.326. The van der Waals surface area contributed by atoms with E-state index in [1.807, 2.05) is 18.2 Å². The van der Waals surface area contributed by atoms with Crippen LogP contribution in [0.4, 0.5) is 5.82 Å². The van der Waals surface area contributed by atoms with E-state index < -0.39 is 0 Å². The molecule has 6 rings (SSSR count). The third kappa shape index (κ3) is 5.83. The van der Waals surface area contributed by atoms with Crippen LogP contribution in [0.25, 0.3) is 10.8 Å². The first-order chi connectivity index (χ1) is 19.6. The Hall–Kier alpha value is -2.70. The minimum Gasteiger partial charge on any atom is -0.508 e. The molecule has 1 saturated heterocycles. The summed E-state index contributed by atoms with van der Waals surface area (Å²) in [6.45, 7) is 5.09. The van der Waals surface area contributed by atoms with Gasteiger partial charge in [-0.05, 0) is 99.3 Å². The summed E-state index contributed by atoms with van der Waals surface area (Å²) in [4.78, 5) is 30.1. The summed E-state index contributed by atoms with van der Waals surface area (Å²) in [6.07, 6.45) is 4.22. The maximum Gasteiger partial charge on any atom is 0.318 e. The zero-order valence-electron chi connectivity index (χ0n) is 23.9. The number of rotatable bonds is 7. The quantitative estimate of drug-likeness (QED) is 0.353. The van der Waals surface area contributed by atoms with Crippen LogP contribution in [0.1, 0.15) is 60.6 Å². The van der Waals surface area contributed by atoms with Gasteiger partial charge in [0.1, 0.15) is 11.6 Å². The summed E-state index contributed by atoms with van der Waals surface area (Å²) in [5, 5.41) is 22.5. The fourth-order valence-electron chi connectivity index (χ4n) is 6.34. The Morgan fingerprint density at radius 3 is 2.73 bits per heavy atom. The van der Waals surface area contributed by atoms with E-state index in [-0.39, 0.29) is 29.2 Å². The van der Waals surface area contributed by atoms with Crippen LogP contribution in [0.5, 0.6) is 11.8 Å². The summed E-state index contributed by atoms with van der Waals surface area (Å²) in [7, 11) is 4.17. The van der Waals surface area contributed by atoms with Gasteiger partial charge in [-0.1, -0.05) is 12.1 Å². The summed E-state index contributed by atoms with van der Waals surface area (Å²) < 4.78 is 7.24. The van der Waals surface area contributed by atoms with Crippen LogP contribution in [0, 0.1) is 8.99 Å². The lowest BCUT2D eigenvalue weighted by Gasteiger charge is -2.30. The number of carbonyl (C=O) groups excluding carboxylic acids is 1. The van der Waals surface area contributed by atoms with Gasteiger partial charge in [0, 0.05) is 39.1 Å². The molecule has 0 bridgehead atoms. The Morgan fingerprint density at radius 1 is 1.17 bits per heavy atom. The maximum atomic E-state index is 14.0. The number of nitrogens with zero attached hydrogens (tertiary/aromatic N) is 5. The van der Waals surface area contributed by atoms with E-state index in [1.165, 1.54) is 0 Å².